The molecule has 0 aromatic heterocycles. The molecule has 21 heavy (non-hydrogen) atoms. The first kappa shape index (κ1) is 15.3. The van der Waals surface area contributed by atoms with Crippen molar-refractivity contribution in [2.24, 2.45) is 0 Å². The van der Waals surface area contributed by atoms with Crippen molar-refractivity contribution in [1.82, 2.24) is 4.90 Å². The van der Waals surface area contributed by atoms with E-state index < -0.39 is 0 Å². The molecule has 0 aliphatic carbocycles. The maximum atomic E-state index is 12.2. The van der Waals surface area contributed by atoms with Gasteiger partial charge in [-0.05, 0) is 31.7 Å². The molecular formula is C18H21NO2. The number of carbonyl (C=O) groups excluding carboxylic acids is 1. The largest absolute Gasteiger partial charge is 0.497 e. The standard InChI is InChI=1S/C18H21NO2/c1-14-4-8-16(9-5-14)18(20)13-19(2)12-15-6-10-17(21-3)11-7-15/h4-11H,12-13H2,1-3H3. The van der Waals surface area contributed by atoms with Crippen molar-refractivity contribution in [2.75, 3.05) is 20.7 Å². The SMILES string of the molecule is COc1ccc(CN(C)CC(=O)c2ccc(C)cc2)cc1. The predicted octanol–water partition coefficient (Wildman–Crippen LogP) is 3.32. The first-order valence-electron chi connectivity index (χ1n) is 7.00. The molecule has 0 aliphatic rings. The Bertz CT molecular complexity index is 588. The highest BCUT2D eigenvalue weighted by molar-refractivity contribution is 5.97. The minimum Gasteiger partial charge on any atom is -0.497 e. The number of rotatable bonds is 6. The minimum absolute atomic E-state index is 0.144. The van der Waals surface area contributed by atoms with Crippen LogP contribution in [0.25, 0.3) is 0 Å². The number of Topliss-reactive ketones (excluding diaryl/α,β-unsaturated/α-hetero) is 1. The molecule has 0 saturated carbocycles. The van der Waals surface area contributed by atoms with Crippen molar-refractivity contribution in [2.45, 2.75) is 13.5 Å². The molecule has 110 valence electrons. The van der Waals surface area contributed by atoms with Gasteiger partial charge in [-0.3, -0.25) is 9.69 Å². The van der Waals surface area contributed by atoms with E-state index in [0.717, 1.165) is 29.0 Å². The summed E-state index contributed by atoms with van der Waals surface area (Å²) < 4.78 is 5.14. The number of hydrogen-bond donors (Lipinski definition) is 0. The lowest BCUT2D eigenvalue weighted by atomic mass is 10.1. The van der Waals surface area contributed by atoms with Crippen molar-refractivity contribution >= 4 is 5.78 Å². The first-order valence-corrected chi connectivity index (χ1v) is 7.00. The highest BCUT2D eigenvalue weighted by Crippen LogP contribution is 2.13. The van der Waals surface area contributed by atoms with E-state index in [-0.39, 0.29) is 5.78 Å². The summed E-state index contributed by atoms with van der Waals surface area (Å²) in [6.45, 7) is 3.17. The van der Waals surface area contributed by atoms with Crippen LogP contribution in [0.15, 0.2) is 48.5 Å². The molecule has 0 radical (unpaired) electrons. The molecule has 0 heterocycles. The number of ether oxygens (including phenoxy) is 1. The third-order valence-electron chi connectivity index (χ3n) is 3.40. The van der Waals surface area contributed by atoms with Crippen LogP contribution in [0.5, 0.6) is 5.75 Å². The number of hydrogen-bond acceptors (Lipinski definition) is 3. The van der Waals surface area contributed by atoms with Gasteiger partial charge >= 0.3 is 0 Å². The van der Waals surface area contributed by atoms with Gasteiger partial charge in [-0.25, -0.2) is 0 Å². The lowest BCUT2D eigenvalue weighted by Crippen LogP contribution is -2.25. The van der Waals surface area contributed by atoms with Crippen molar-refractivity contribution < 1.29 is 9.53 Å². The number of nitrogens with zero attached hydrogens (tertiary/aromatic N) is 1. The van der Waals surface area contributed by atoms with E-state index in [1.807, 2.05) is 67.4 Å². The molecule has 3 nitrogen and oxygen atoms in total. The second kappa shape index (κ2) is 7.04. The molecule has 0 atom stereocenters. The highest BCUT2D eigenvalue weighted by atomic mass is 16.5. The van der Waals surface area contributed by atoms with Crippen LogP contribution in [0, 0.1) is 6.92 Å². The third kappa shape index (κ3) is 4.43. The van der Waals surface area contributed by atoms with Gasteiger partial charge in [-0.2, -0.15) is 0 Å². The van der Waals surface area contributed by atoms with E-state index in [4.69, 9.17) is 4.74 Å². The number of likely N-dealkylation sites (N-methyl/N-ethyl adjacent to an activating group) is 1. The summed E-state index contributed by atoms with van der Waals surface area (Å²) in [5, 5.41) is 0. The van der Waals surface area contributed by atoms with Gasteiger partial charge in [0.2, 0.25) is 0 Å². The van der Waals surface area contributed by atoms with Crippen LogP contribution in [-0.4, -0.2) is 31.4 Å². The van der Waals surface area contributed by atoms with Crippen LogP contribution in [0.4, 0.5) is 0 Å². The normalized spacial score (nSPS) is 10.7. The Hall–Kier alpha value is -2.13. The Kier molecular flexibility index (Phi) is 5.12. The fraction of sp³-hybridized carbons (Fsp3) is 0.278. The van der Waals surface area contributed by atoms with Crippen LogP contribution < -0.4 is 4.74 Å². The van der Waals surface area contributed by atoms with Crippen LogP contribution in [0.3, 0.4) is 0 Å². The zero-order valence-electron chi connectivity index (χ0n) is 12.8. The van der Waals surface area contributed by atoms with Gasteiger partial charge < -0.3 is 4.74 Å². The number of benzene rings is 2. The molecule has 0 bridgehead atoms. The third-order valence-corrected chi connectivity index (χ3v) is 3.40. The lowest BCUT2D eigenvalue weighted by molar-refractivity contribution is 0.0943. The Labute approximate surface area is 126 Å². The van der Waals surface area contributed by atoms with E-state index in [2.05, 4.69) is 0 Å². The molecule has 2 aromatic carbocycles. The van der Waals surface area contributed by atoms with Gasteiger partial charge in [0.15, 0.2) is 5.78 Å². The van der Waals surface area contributed by atoms with Gasteiger partial charge in [0.25, 0.3) is 0 Å². The predicted molar refractivity (Wildman–Crippen MR) is 84.8 cm³/mol. The number of methoxy groups -OCH3 is 1. The summed E-state index contributed by atoms with van der Waals surface area (Å²) in [5.41, 5.74) is 3.09. The Balaban J connectivity index is 1.92. The second-order valence-electron chi connectivity index (χ2n) is 5.31. The molecule has 0 unspecified atom stereocenters. The summed E-state index contributed by atoms with van der Waals surface area (Å²) in [5.74, 6) is 0.989. The number of carbonyl (C=O) groups is 1. The summed E-state index contributed by atoms with van der Waals surface area (Å²) in [7, 11) is 3.61. The molecule has 0 fully saturated rings. The van der Waals surface area contributed by atoms with Crippen molar-refractivity contribution in [3.8, 4) is 5.75 Å². The maximum absolute atomic E-state index is 12.2. The Morgan fingerprint density at radius 1 is 1.05 bits per heavy atom. The summed E-state index contributed by atoms with van der Waals surface area (Å²) in [4.78, 5) is 14.2. The highest BCUT2D eigenvalue weighted by Gasteiger charge is 2.09. The molecular weight excluding hydrogens is 262 g/mol. The molecule has 2 aromatic rings. The zero-order chi connectivity index (χ0) is 15.2. The summed E-state index contributed by atoms with van der Waals surface area (Å²) >= 11 is 0. The molecule has 2 rings (SSSR count). The van der Waals surface area contributed by atoms with Crippen molar-refractivity contribution in [3.05, 3.63) is 65.2 Å². The van der Waals surface area contributed by atoms with Crippen LogP contribution in [0.1, 0.15) is 21.5 Å². The van der Waals surface area contributed by atoms with Gasteiger partial charge in [-0.15, -0.1) is 0 Å². The monoisotopic (exact) mass is 283 g/mol. The average Bonchev–Trinajstić information content (AvgIpc) is 2.48. The number of ketones is 1. The topological polar surface area (TPSA) is 29.5 Å². The molecule has 3 heteroatoms. The quantitative estimate of drug-likeness (QED) is 0.762. The van der Waals surface area contributed by atoms with Crippen molar-refractivity contribution in [3.63, 3.8) is 0 Å². The number of aryl methyl sites for hydroxylation is 1. The van der Waals surface area contributed by atoms with Crippen LogP contribution >= 0.6 is 0 Å². The Morgan fingerprint density at radius 3 is 2.24 bits per heavy atom. The minimum atomic E-state index is 0.144. The van der Waals surface area contributed by atoms with E-state index >= 15 is 0 Å². The van der Waals surface area contributed by atoms with Gasteiger partial charge in [0, 0.05) is 12.1 Å². The van der Waals surface area contributed by atoms with E-state index in [9.17, 15) is 4.79 Å². The maximum Gasteiger partial charge on any atom is 0.176 e. The first-order chi connectivity index (χ1) is 10.1. The smallest absolute Gasteiger partial charge is 0.176 e. The fourth-order valence-corrected chi connectivity index (χ4v) is 2.17. The second-order valence-corrected chi connectivity index (χ2v) is 5.31. The van der Waals surface area contributed by atoms with Gasteiger partial charge in [0.1, 0.15) is 5.75 Å². The lowest BCUT2D eigenvalue weighted by Gasteiger charge is -2.16. The molecule has 0 saturated heterocycles. The van der Waals surface area contributed by atoms with Gasteiger partial charge in [0.05, 0.1) is 13.7 Å². The zero-order valence-corrected chi connectivity index (χ0v) is 12.8. The molecule has 0 spiro atoms. The van der Waals surface area contributed by atoms with E-state index in [0.29, 0.717) is 6.54 Å². The fourth-order valence-electron chi connectivity index (χ4n) is 2.17. The van der Waals surface area contributed by atoms with Crippen LogP contribution in [0.2, 0.25) is 0 Å². The van der Waals surface area contributed by atoms with E-state index in [1.54, 1.807) is 7.11 Å². The van der Waals surface area contributed by atoms with E-state index in [1.165, 1.54) is 0 Å². The summed E-state index contributed by atoms with van der Waals surface area (Å²) in [6.07, 6.45) is 0. The van der Waals surface area contributed by atoms with Gasteiger partial charge in [-0.1, -0.05) is 42.0 Å². The Morgan fingerprint density at radius 2 is 1.67 bits per heavy atom. The summed E-state index contributed by atoms with van der Waals surface area (Å²) in [6, 6.07) is 15.6. The van der Waals surface area contributed by atoms with Crippen LogP contribution in [-0.2, 0) is 6.54 Å². The van der Waals surface area contributed by atoms with Crippen molar-refractivity contribution in [1.29, 1.82) is 0 Å². The molecule has 0 N–H and O–H groups in total. The molecule has 0 amide bonds. The average molecular weight is 283 g/mol. The molecule has 0 aliphatic heterocycles.